The van der Waals surface area contributed by atoms with Crippen molar-refractivity contribution in [2.24, 2.45) is 0 Å². The second-order valence-corrected chi connectivity index (χ2v) is 14.3. The van der Waals surface area contributed by atoms with Crippen molar-refractivity contribution < 1.29 is 18.6 Å². The zero-order valence-corrected chi connectivity index (χ0v) is 22.8. The molecule has 0 heterocycles. The smallest absolute Gasteiger partial charge is 0.178 e. The molecule has 5 aromatic rings. The predicted molar refractivity (Wildman–Crippen MR) is 158 cm³/mol. The first-order chi connectivity index (χ1) is 18.6. The molecule has 190 valence electrons. The molecule has 5 rings (SSSR count). The molecule has 6 heteroatoms. The zero-order chi connectivity index (χ0) is 26.4. The summed E-state index contributed by atoms with van der Waals surface area (Å²) in [7, 11) is -4.96. The first-order valence-electron chi connectivity index (χ1n) is 12.3. The summed E-state index contributed by atoms with van der Waals surface area (Å²) in [5, 5.41) is 3.27. The summed E-state index contributed by atoms with van der Waals surface area (Å²) in [6.45, 7) is 0. The minimum absolute atomic E-state index is 0.0794. The highest BCUT2D eigenvalue weighted by atomic mass is 31.2. The monoisotopic (exact) mass is 538 g/mol. The van der Waals surface area contributed by atoms with E-state index < -0.39 is 14.3 Å². The molecule has 0 aliphatic heterocycles. The minimum atomic E-state index is -3.37. The average Bonchev–Trinajstić information content (AvgIpc) is 3.01. The molecule has 0 aliphatic carbocycles. The minimum Gasteiger partial charge on any atom is -0.497 e. The van der Waals surface area contributed by atoms with Gasteiger partial charge in [0.2, 0.25) is 0 Å². The second-order valence-electron chi connectivity index (χ2n) is 8.80. The van der Waals surface area contributed by atoms with Crippen molar-refractivity contribution in [3.05, 3.63) is 140 Å². The molecule has 0 fully saturated rings. The van der Waals surface area contributed by atoms with Crippen LogP contribution in [0.25, 0.3) is 0 Å². The highest BCUT2D eigenvalue weighted by molar-refractivity contribution is 7.85. The number of ether oxygens (including phenoxy) is 2. The Morgan fingerprint density at radius 1 is 0.553 bits per heavy atom. The third kappa shape index (κ3) is 4.98. The van der Waals surface area contributed by atoms with Crippen LogP contribution in [0.3, 0.4) is 0 Å². The maximum Gasteiger partial charge on any atom is 0.178 e. The van der Waals surface area contributed by atoms with Gasteiger partial charge in [-0.3, -0.25) is 0 Å². The predicted octanol–water partition coefficient (Wildman–Crippen LogP) is 5.69. The van der Waals surface area contributed by atoms with Crippen LogP contribution in [-0.2, 0) is 9.13 Å². The standard InChI is InChI=1S/C32H28O4P2/c1-35-26-22-23-31(36-25-37(33,27-14-6-2-7-15-27)28-16-8-3-9-17-28)32(24-26)38(34,29-18-10-4-11-19-29)30-20-12-5-13-21-30/h2-24H,25H2,1H3. The fourth-order valence-electron chi connectivity index (χ4n) is 4.49. The zero-order valence-electron chi connectivity index (χ0n) is 21.0. The third-order valence-corrected chi connectivity index (χ3v) is 12.3. The average molecular weight is 539 g/mol. The first-order valence-corrected chi connectivity index (χ1v) is 15.9. The van der Waals surface area contributed by atoms with Crippen LogP contribution in [0, 0.1) is 0 Å². The van der Waals surface area contributed by atoms with Crippen LogP contribution in [0.1, 0.15) is 0 Å². The van der Waals surface area contributed by atoms with E-state index >= 15 is 4.57 Å². The van der Waals surface area contributed by atoms with Gasteiger partial charge in [0.15, 0.2) is 14.3 Å². The van der Waals surface area contributed by atoms with Gasteiger partial charge in [-0.1, -0.05) is 121 Å². The van der Waals surface area contributed by atoms with Crippen LogP contribution in [0.2, 0.25) is 0 Å². The Labute approximate surface area is 223 Å². The Kier molecular flexibility index (Phi) is 7.65. The van der Waals surface area contributed by atoms with E-state index in [1.807, 2.05) is 121 Å². The van der Waals surface area contributed by atoms with Crippen LogP contribution in [0.15, 0.2) is 140 Å². The summed E-state index contributed by atoms with van der Waals surface area (Å²) in [6.07, 6.45) is -0.0794. The first kappa shape index (κ1) is 25.8. The molecular weight excluding hydrogens is 510 g/mol. The van der Waals surface area contributed by atoms with Crippen molar-refractivity contribution in [3.63, 3.8) is 0 Å². The summed E-state index contributed by atoms with van der Waals surface area (Å²) in [4.78, 5) is 0. The van der Waals surface area contributed by atoms with Crippen molar-refractivity contribution in [1.82, 2.24) is 0 Å². The Bertz CT molecular complexity index is 1500. The van der Waals surface area contributed by atoms with Gasteiger partial charge in [-0.25, -0.2) is 0 Å². The van der Waals surface area contributed by atoms with Crippen LogP contribution < -0.4 is 36.0 Å². The summed E-state index contributed by atoms with van der Waals surface area (Å²) < 4.78 is 41.7. The number of hydrogen-bond acceptors (Lipinski definition) is 4. The normalized spacial score (nSPS) is 11.6. The summed E-state index contributed by atoms with van der Waals surface area (Å²) in [5.41, 5.74) is 0. The fourth-order valence-corrected chi connectivity index (χ4v) is 9.51. The van der Waals surface area contributed by atoms with E-state index in [0.717, 1.165) is 0 Å². The van der Waals surface area contributed by atoms with Gasteiger partial charge < -0.3 is 18.6 Å². The summed E-state index contributed by atoms with van der Waals surface area (Å²) >= 11 is 0. The van der Waals surface area contributed by atoms with E-state index in [0.29, 0.717) is 38.0 Å². The van der Waals surface area contributed by atoms with Crippen LogP contribution in [-0.4, -0.2) is 13.5 Å². The molecule has 0 saturated carbocycles. The van der Waals surface area contributed by atoms with Gasteiger partial charge in [0.1, 0.15) is 17.8 Å². The number of rotatable bonds is 9. The highest BCUT2D eigenvalue weighted by Gasteiger charge is 2.35. The molecule has 4 nitrogen and oxygen atoms in total. The van der Waals surface area contributed by atoms with E-state index in [4.69, 9.17) is 9.47 Å². The van der Waals surface area contributed by atoms with Crippen LogP contribution in [0.4, 0.5) is 0 Å². The Morgan fingerprint density at radius 3 is 1.39 bits per heavy atom. The molecule has 0 spiro atoms. The van der Waals surface area contributed by atoms with E-state index in [1.165, 1.54) is 0 Å². The largest absolute Gasteiger partial charge is 0.497 e. The van der Waals surface area contributed by atoms with Crippen molar-refractivity contribution >= 4 is 40.8 Å². The van der Waals surface area contributed by atoms with Crippen molar-refractivity contribution in [2.45, 2.75) is 0 Å². The molecule has 0 atom stereocenters. The molecule has 0 radical (unpaired) electrons. The van der Waals surface area contributed by atoms with E-state index in [-0.39, 0.29) is 6.35 Å². The van der Waals surface area contributed by atoms with Gasteiger partial charge in [-0.05, 0) is 18.2 Å². The Balaban J connectivity index is 1.65. The molecule has 0 aliphatic rings. The van der Waals surface area contributed by atoms with E-state index in [9.17, 15) is 4.57 Å². The van der Waals surface area contributed by atoms with Gasteiger partial charge in [0.25, 0.3) is 0 Å². The van der Waals surface area contributed by atoms with Crippen molar-refractivity contribution in [3.8, 4) is 11.5 Å². The molecule has 0 unspecified atom stereocenters. The van der Waals surface area contributed by atoms with Gasteiger partial charge in [-0.2, -0.15) is 0 Å². The third-order valence-electron chi connectivity index (χ3n) is 6.49. The van der Waals surface area contributed by atoms with Crippen LogP contribution >= 0.6 is 14.3 Å². The van der Waals surface area contributed by atoms with Crippen molar-refractivity contribution in [2.75, 3.05) is 13.5 Å². The Morgan fingerprint density at radius 2 is 0.974 bits per heavy atom. The van der Waals surface area contributed by atoms with Gasteiger partial charge in [0, 0.05) is 21.2 Å². The van der Waals surface area contributed by atoms with Gasteiger partial charge >= 0.3 is 0 Å². The van der Waals surface area contributed by atoms with E-state index in [1.54, 1.807) is 25.3 Å². The number of methoxy groups -OCH3 is 1. The van der Waals surface area contributed by atoms with Crippen LogP contribution in [0.5, 0.6) is 11.5 Å². The highest BCUT2D eigenvalue weighted by Crippen LogP contribution is 2.48. The topological polar surface area (TPSA) is 52.6 Å². The number of benzene rings is 5. The molecular formula is C32H28O4P2. The maximum absolute atomic E-state index is 15.2. The fraction of sp³-hybridized carbons (Fsp3) is 0.0625. The van der Waals surface area contributed by atoms with Crippen molar-refractivity contribution in [1.29, 1.82) is 0 Å². The van der Waals surface area contributed by atoms with Gasteiger partial charge in [0.05, 0.1) is 12.4 Å². The molecule has 0 amide bonds. The quantitative estimate of drug-likeness (QED) is 0.227. The van der Waals surface area contributed by atoms with E-state index in [2.05, 4.69) is 0 Å². The summed E-state index contributed by atoms with van der Waals surface area (Å²) in [5.74, 6) is 0.975. The molecule has 0 saturated heterocycles. The molecule has 0 bridgehead atoms. The maximum atomic E-state index is 15.2. The lowest BCUT2D eigenvalue weighted by Gasteiger charge is -2.25. The lowest BCUT2D eigenvalue weighted by atomic mass is 10.3. The lowest BCUT2D eigenvalue weighted by molar-refractivity contribution is 0.380. The van der Waals surface area contributed by atoms with Gasteiger partial charge in [-0.15, -0.1) is 0 Å². The summed E-state index contributed by atoms with van der Waals surface area (Å²) in [6, 6.07) is 42.9. The molecule has 38 heavy (non-hydrogen) atoms. The SMILES string of the molecule is COc1ccc(OCP(=O)(c2ccccc2)c2ccccc2)c(P(=O)(c2ccccc2)c2ccccc2)c1. The number of hydrogen-bond donors (Lipinski definition) is 0. The Hall–Kier alpha value is -3.84. The molecule has 0 N–H and O–H groups in total. The molecule has 5 aromatic carbocycles. The lowest BCUT2D eigenvalue weighted by Crippen LogP contribution is -2.27. The second kappa shape index (κ2) is 11.3. The molecule has 0 aromatic heterocycles.